The van der Waals surface area contributed by atoms with Crippen LogP contribution in [0.5, 0.6) is 0 Å². The zero-order chi connectivity index (χ0) is 33.0. The van der Waals surface area contributed by atoms with Crippen LogP contribution in [0.3, 0.4) is 0 Å². The lowest BCUT2D eigenvalue weighted by molar-refractivity contribution is 0.672. The molecule has 0 N–H and O–H groups in total. The van der Waals surface area contributed by atoms with Gasteiger partial charge < -0.3 is 9.32 Å². The lowest BCUT2D eigenvalue weighted by atomic mass is 9.98. The molecule has 0 aliphatic carbocycles. The summed E-state index contributed by atoms with van der Waals surface area (Å²) in [4.78, 5) is 7.35. The number of nitrogens with zero attached hydrogens (tertiary/aromatic N) is 2. The van der Waals surface area contributed by atoms with Crippen molar-refractivity contribution in [1.29, 1.82) is 0 Å². The van der Waals surface area contributed by atoms with Gasteiger partial charge in [-0.05, 0) is 80.0 Å². The van der Waals surface area contributed by atoms with Gasteiger partial charge in [0, 0.05) is 28.1 Å². The van der Waals surface area contributed by atoms with Gasteiger partial charge in [-0.25, -0.2) is 4.98 Å². The van der Waals surface area contributed by atoms with Gasteiger partial charge in [0.2, 0.25) is 0 Å². The standard InChI is InChI=1S/C47H30N2O/c1-3-12-35-27-37(19-17-31(35)9-1)33-21-24-39(25-22-33)49(44-16-8-7-14-41(44)38-20-18-32-10-2-4-13-36(32)28-38)40-29-45-46(48-30-40)43-26-23-34-11-5-6-15-42(34)47(43)50-45/h1-30H. The maximum absolute atomic E-state index is 6.61. The third-order valence-electron chi connectivity index (χ3n) is 9.86. The minimum Gasteiger partial charge on any atom is -0.454 e. The third kappa shape index (κ3) is 4.71. The van der Waals surface area contributed by atoms with E-state index in [4.69, 9.17) is 9.40 Å². The van der Waals surface area contributed by atoms with E-state index in [0.29, 0.717) is 0 Å². The Morgan fingerprint density at radius 2 is 1.02 bits per heavy atom. The molecule has 0 saturated heterocycles. The van der Waals surface area contributed by atoms with Gasteiger partial charge in [-0.15, -0.1) is 0 Å². The highest BCUT2D eigenvalue weighted by molar-refractivity contribution is 6.14. The minimum absolute atomic E-state index is 0.759. The van der Waals surface area contributed by atoms with E-state index >= 15 is 0 Å². The molecule has 0 saturated carbocycles. The van der Waals surface area contributed by atoms with Crippen molar-refractivity contribution in [3.8, 4) is 22.3 Å². The van der Waals surface area contributed by atoms with Crippen LogP contribution in [0.2, 0.25) is 0 Å². The molecule has 50 heavy (non-hydrogen) atoms. The predicted molar refractivity (Wildman–Crippen MR) is 210 cm³/mol. The van der Waals surface area contributed by atoms with Crippen LogP contribution in [-0.4, -0.2) is 4.98 Å². The monoisotopic (exact) mass is 638 g/mol. The molecular formula is C47H30N2O. The summed E-state index contributed by atoms with van der Waals surface area (Å²) in [7, 11) is 0. The second-order valence-electron chi connectivity index (χ2n) is 12.8. The smallest absolute Gasteiger partial charge is 0.155 e. The first kappa shape index (κ1) is 28.3. The van der Waals surface area contributed by atoms with Gasteiger partial charge in [0.15, 0.2) is 5.58 Å². The molecule has 0 unspecified atom stereocenters. The van der Waals surface area contributed by atoms with E-state index in [2.05, 4.69) is 181 Å². The van der Waals surface area contributed by atoms with E-state index < -0.39 is 0 Å². The summed E-state index contributed by atoms with van der Waals surface area (Å²) in [5, 5.41) is 8.17. The predicted octanol–water partition coefficient (Wildman–Crippen LogP) is 13.2. The Balaban J connectivity index is 1.15. The van der Waals surface area contributed by atoms with Crippen LogP contribution in [0.4, 0.5) is 17.1 Å². The second-order valence-corrected chi connectivity index (χ2v) is 12.8. The zero-order valence-electron chi connectivity index (χ0n) is 27.1. The number of fused-ring (bicyclic) bond motifs is 7. The number of hydrogen-bond donors (Lipinski definition) is 0. The number of hydrogen-bond acceptors (Lipinski definition) is 3. The molecule has 3 heteroatoms. The van der Waals surface area contributed by atoms with Crippen molar-refractivity contribution in [3.63, 3.8) is 0 Å². The van der Waals surface area contributed by atoms with Gasteiger partial charge in [0.1, 0.15) is 11.1 Å². The lowest BCUT2D eigenvalue weighted by Crippen LogP contribution is -2.11. The fraction of sp³-hybridized carbons (Fsp3) is 0. The Labute approximate surface area is 289 Å². The van der Waals surface area contributed by atoms with Crippen LogP contribution in [0.1, 0.15) is 0 Å². The Morgan fingerprint density at radius 1 is 0.420 bits per heavy atom. The Hall–Kier alpha value is -6.71. The van der Waals surface area contributed by atoms with Gasteiger partial charge in [-0.2, -0.15) is 0 Å². The van der Waals surface area contributed by atoms with Gasteiger partial charge >= 0.3 is 0 Å². The summed E-state index contributed by atoms with van der Waals surface area (Å²) >= 11 is 0. The van der Waals surface area contributed by atoms with Crippen molar-refractivity contribution in [2.75, 3.05) is 4.90 Å². The highest BCUT2D eigenvalue weighted by Crippen LogP contribution is 2.43. The van der Waals surface area contributed by atoms with E-state index in [1.54, 1.807) is 0 Å². The number of pyridine rings is 1. The first-order chi connectivity index (χ1) is 24.8. The highest BCUT2D eigenvalue weighted by atomic mass is 16.3. The fourth-order valence-electron chi connectivity index (χ4n) is 7.35. The van der Waals surface area contributed by atoms with Crippen LogP contribution in [0.15, 0.2) is 187 Å². The molecule has 3 nitrogen and oxygen atoms in total. The van der Waals surface area contributed by atoms with E-state index in [1.165, 1.54) is 32.7 Å². The summed E-state index contributed by atoms with van der Waals surface area (Å²) in [6.45, 7) is 0. The largest absolute Gasteiger partial charge is 0.454 e. The molecule has 2 aromatic heterocycles. The molecule has 0 bridgehead atoms. The van der Waals surface area contributed by atoms with Gasteiger partial charge in [0.05, 0.1) is 17.6 Å². The van der Waals surface area contributed by atoms with Crippen LogP contribution >= 0.6 is 0 Å². The molecule has 0 radical (unpaired) electrons. The molecule has 0 aliphatic heterocycles. The SMILES string of the molecule is c1ccc(N(c2ccc(-c3ccc4ccccc4c3)cc2)c2cnc3c(c2)oc2c4ccccc4ccc32)c(-c2ccc3ccccc3c2)c1. The van der Waals surface area contributed by atoms with E-state index in [-0.39, 0.29) is 0 Å². The summed E-state index contributed by atoms with van der Waals surface area (Å²) in [6.07, 6.45) is 1.97. The average Bonchev–Trinajstić information content (AvgIpc) is 3.57. The minimum atomic E-state index is 0.759. The second kappa shape index (κ2) is 11.5. The Morgan fingerprint density at radius 3 is 1.80 bits per heavy atom. The normalized spacial score (nSPS) is 11.6. The number of anilines is 3. The van der Waals surface area contributed by atoms with E-state index in [9.17, 15) is 0 Å². The van der Waals surface area contributed by atoms with Crippen LogP contribution in [0.25, 0.3) is 76.6 Å². The van der Waals surface area contributed by atoms with Gasteiger partial charge in [-0.3, -0.25) is 0 Å². The quantitative estimate of drug-likeness (QED) is 0.188. The van der Waals surface area contributed by atoms with Gasteiger partial charge in [0.25, 0.3) is 0 Å². The van der Waals surface area contributed by atoms with Crippen LogP contribution in [0, 0.1) is 0 Å². The Bertz CT molecular complexity index is 2890. The Kier molecular flexibility index (Phi) is 6.49. The maximum Gasteiger partial charge on any atom is 0.155 e. The summed E-state index contributed by atoms with van der Waals surface area (Å²) in [5.41, 5.74) is 10.1. The lowest BCUT2D eigenvalue weighted by Gasteiger charge is -2.27. The number of rotatable bonds is 5. The maximum atomic E-state index is 6.61. The number of furan rings is 1. The molecule has 0 aliphatic rings. The van der Waals surface area contributed by atoms with E-state index in [1.807, 2.05) is 6.20 Å². The number of benzene rings is 8. The van der Waals surface area contributed by atoms with E-state index in [0.717, 1.165) is 61.0 Å². The molecule has 0 amide bonds. The highest BCUT2D eigenvalue weighted by Gasteiger charge is 2.20. The van der Waals surface area contributed by atoms with Crippen molar-refractivity contribution in [2.24, 2.45) is 0 Å². The van der Waals surface area contributed by atoms with Crippen molar-refractivity contribution < 1.29 is 4.42 Å². The molecule has 0 atom stereocenters. The van der Waals surface area contributed by atoms with Crippen molar-refractivity contribution in [1.82, 2.24) is 4.98 Å². The fourth-order valence-corrected chi connectivity index (χ4v) is 7.35. The number of aromatic nitrogens is 1. The number of para-hydroxylation sites is 1. The molecule has 234 valence electrons. The summed E-state index contributed by atoms with van der Waals surface area (Å²) in [5.74, 6) is 0. The van der Waals surface area contributed by atoms with Crippen LogP contribution in [-0.2, 0) is 0 Å². The average molecular weight is 639 g/mol. The molecule has 0 spiro atoms. The topological polar surface area (TPSA) is 29.3 Å². The first-order valence-electron chi connectivity index (χ1n) is 16.9. The molecular weight excluding hydrogens is 609 g/mol. The molecule has 2 heterocycles. The van der Waals surface area contributed by atoms with Crippen LogP contribution < -0.4 is 4.90 Å². The summed E-state index contributed by atoms with van der Waals surface area (Å²) < 4.78 is 6.61. The zero-order valence-corrected chi connectivity index (χ0v) is 27.1. The molecule has 10 rings (SSSR count). The van der Waals surface area contributed by atoms with Crippen molar-refractivity contribution in [2.45, 2.75) is 0 Å². The van der Waals surface area contributed by atoms with Crippen molar-refractivity contribution >= 4 is 71.4 Å². The third-order valence-corrected chi connectivity index (χ3v) is 9.86. The first-order valence-corrected chi connectivity index (χ1v) is 16.9. The molecule has 0 fully saturated rings. The van der Waals surface area contributed by atoms with Gasteiger partial charge in [-0.1, -0.05) is 133 Å². The summed E-state index contributed by atoms with van der Waals surface area (Å²) in [6, 6.07) is 62.6. The molecule has 10 aromatic rings. The van der Waals surface area contributed by atoms with Crippen molar-refractivity contribution in [3.05, 3.63) is 182 Å². The molecule has 8 aromatic carbocycles.